The molecule has 4 saturated heterocycles. The topological polar surface area (TPSA) is 346 Å². The summed E-state index contributed by atoms with van der Waals surface area (Å²) in [5, 5.41) is 130. The second-order valence-corrected chi connectivity index (χ2v) is 16.1. The maximum atomic E-state index is 11.9. The molecule has 20 unspecified atom stereocenters. The Labute approximate surface area is 329 Å². The van der Waals surface area contributed by atoms with Gasteiger partial charge in [-0.2, -0.15) is 0 Å². The molecule has 57 heavy (non-hydrogen) atoms. The van der Waals surface area contributed by atoms with Gasteiger partial charge in [0.25, 0.3) is 0 Å². The fraction of sp³-hybridized carbons (Fsp3) is 0.914. The van der Waals surface area contributed by atoms with Crippen LogP contribution in [0.25, 0.3) is 0 Å². The quantitative estimate of drug-likeness (QED) is 0.0644. The lowest BCUT2D eigenvalue weighted by Gasteiger charge is -2.49. The Morgan fingerprint density at radius 2 is 1.00 bits per heavy atom. The number of rotatable bonds is 16. The van der Waals surface area contributed by atoms with Crippen LogP contribution in [-0.4, -0.2) is 222 Å². The second-order valence-electron chi connectivity index (χ2n) is 16.1. The highest BCUT2D eigenvalue weighted by Gasteiger charge is 2.56. The summed E-state index contributed by atoms with van der Waals surface area (Å²) in [4.78, 5) is 11.9. The number of ether oxygens (including phenoxy) is 8. The number of nitrogens with one attached hydrogen (secondary N) is 1. The normalized spacial score (nSPS) is 44.7. The molecule has 22 heteroatoms. The fourth-order valence-electron chi connectivity index (χ4n) is 7.55. The number of amides is 1. The lowest BCUT2D eigenvalue weighted by Crippen LogP contribution is -2.69. The smallest absolute Gasteiger partial charge is 0.217 e. The lowest BCUT2D eigenvalue weighted by atomic mass is 9.82. The van der Waals surface area contributed by atoms with Gasteiger partial charge < -0.3 is 104 Å². The molecule has 0 radical (unpaired) electrons. The third-order valence-electron chi connectivity index (χ3n) is 10.5. The SMILES string of the molecule is C=CC(C)(C)CC(C)(C)OC1OC(CO)C(OC2OC(CO)C(OC3OC(CO)C(O)C(OC4OC(CO)C(O)C(O)C4NC(C)=O)C3O)C(O)C2O)C(O)C1O. The van der Waals surface area contributed by atoms with E-state index in [9.17, 15) is 66.1 Å². The van der Waals surface area contributed by atoms with Crippen LogP contribution in [0, 0.1) is 5.41 Å². The first-order chi connectivity index (χ1) is 26.6. The van der Waals surface area contributed by atoms with Crippen molar-refractivity contribution >= 4 is 5.91 Å². The zero-order chi connectivity index (χ0) is 42.7. The Morgan fingerprint density at radius 3 is 1.49 bits per heavy atom. The number of hydrogen-bond donors (Lipinski definition) is 13. The van der Waals surface area contributed by atoms with Crippen molar-refractivity contribution in [1.29, 1.82) is 0 Å². The van der Waals surface area contributed by atoms with Crippen LogP contribution in [0.2, 0.25) is 0 Å². The Morgan fingerprint density at radius 1 is 0.579 bits per heavy atom. The van der Waals surface area contributed by atoms with Crippen LogP contribution in [0.4, 0.5) is 0 Å². The van der Waals surface area contributed by atoms with Gasteiger partial charge in [0.2, 0.25) is 5.91 Å². The van der Waals surface area contributed by atoms with Gasteiger partial charge in [0.1, 0.15) is 97.6 Å². The summed E-state index contributed by atoms with van der Waals surface area (Å²) < 4.78 is 45.9. The van der Waals surface area contributed by atoms with Crippen LogP contribution >= 0.6 is 0 Å². The van der Waals surface area contributed by atoms with Gasteiger partial charge >= 0.3 is 0 Å². The van der Waals surface area contributed by atoms with Gasteiger partial charge in [0.15, 0.2) is 25.2 Å². The number of allylic oxidation sites excluding steroid dienone is 1. The summed E-state index contributed by atoms with van der Waals surface area (Å²) in [6.45, 7) is 8.88. The van der Waals surface area contributed by atoms with Crippen molar-refractivity contribution in [2.45, 2.75) is 169 Å². The average molecular weight is 832 g/mol. The van der Waals surface area contributed by atoms with Crippen molar-refractivity contribution in [3.63, 3.8) is 0 Å². The van der Waals surface area contributed by atoms with E-state index in [0.29, 0.717) is 6.42 Å². The minimum absolute atomic E-state index is 0.370. The number of carbonyl (C=O) groups excluding carboxylic acids is 1. The zero-order valence-electron chi connectivity index (χ0n) is 32.4. The maximum Gasteiger partial charge on any atom is 0.217 e. The van der Waals surface area contributed by atoms with Crippen LogP contribution in [0.1, 0.15) is 41.0 Å². The van der Waals surface area contributed by atoms with E-state index in [-0.39, 0.29) is 5.41 Å². The van der Waals surface area contributed by atoms with Gasteiger partial charge in [-0.1, -0.05) is 19.9 Å². The maximum absolute atomic E-state index is 11.9. The summed E-state index contributed by atoms with van der Waals surface area (Å²) >= 11 is 0. The van der Waals surface area contributed by atoms with Gasteiger partial charge in [-0.15, -0.1) is 6.58 Å². The standard InChI is InChI=1S/C35H61NO21/c1-7-34(3,4)12-35(5,6)57-33-25(48)23(46)28(17(11-40)53-33)54-31-24(47)22(45)27(16(10-39)52-31)55-32-26(49)29(20(43)15(9-38)51-32)56-30-18(36-13(2)41)21(44)19(42)14(8-37)50-30/h7,14-33,37-40,42-49H,1,8-12H2,2-6H3,(H,36,41). The van der Waals surface area contributed by atoms with E-state index in [1.54, 1.807) is 19.9 Å². The molecule has 1 amide bonds. The molecule has 20 atom stereocenters. The Balaban J connectivity index is 1.48. The molecule has 0 bridgehead atoms. The van der Waals surface area contributed by atoms with Crippen LogP contribution in [0.5, 0.6) is 0 Å². The van der Waals surface area contributed by atoms with Crippen LogP contribution in [0.15, 0.2) is 12.7 Å². The van der Waals surface area contributed by atoms with E-state index in [1.807, 2.05) is 13.8 Å². The van der Waals surface area contributed by atoms with Crippen molar-refractivity contribution in [3.8, 4) is 0 Å². The minimum atomic E-state index is -2.03. The van der Waals surface area contributed by atoms with Crippen molar-refractivity contribution in [2.75, 3.05) is 26.4 Å². The van der Waals surface area contributed by atoms with E-state index >= 15 is 0 Å². The minimum Gasteiger partial charge on any atom is -0.394 e. The molecule has 332 valence electrons. The third kappa shape index (κ3) is 11.0. The predicted octanol–water partition coefficient (Wildman–Crippen LogP) is -6.20. The molecule has 22 nitrogen and oxygen atoms in total. The number of hydrogen-bond acceptors (Lipinski definition) is 21. The molecule has 13 N–H and O–H groups in total. The first kappa shape index (κ1) is 48.1. The van der Waals surface area contributed by atoms with Crippen LogP contribution < -0.4 is 5.32 Å². The van der Waals surface area contributed by atoms with Crippen molar-refractivity contribution < 1.29 is 104 Å². The van der Waals surface area contributed by atoms with Crippen LogP contribution in [-0.2, 0) is 42.7 Å². The third-order valence-corrected chi connectivity index (χ3v) is 10.5. The average Bonchev–Trinajstić information content (AvgIpc) is 3.15. The van der Waals surface area contributed by atoms with Gasteiger partial charge in [0.05, 0.1) is 32.0 Å². The predicted molar refractivity (Wildman–Crippen MR) is 187 cm³/mol. The molecule has 4 aliphatic heterocycles. The van der Waals surface area contributed by atoms with Gasteiger partial charge in [-0.25, -0.2) is 0 Å². The molecule has 0 aromatic carbocycles. The number of aliphatic hydroxyl groups excluding tert-OH is 12. The van der Waals surface area contributed by atoms with Crippen molar-refractivity contribution in [2.24, 2.45) is 5.41 Å². The highest BCUT2D eigenvalue weighted by molar-refractivity contribution is 5.73. The van der Waals surface area contributed by atoms with Crippen molar-refractivity contribution in [1.82, 2.24) is 5.32 Å². The van der Waals surface area contributed by atoms with Gasteiger partial charge in [0, 0.05) is 6.92 Å². The first-order valence-electron chi connectivity index (χ1n) is 18.7. The molecular formula is C35H61NO21. The molecule has 4 heterocycles. The molecule has 0 saturated carbocycles. The highest BCUT2D eigenvalue weighted by Crippen LogP contribution is 2.37. The summed E-state index contributed by atoms with van der Waals surface area (Å²) in [6.07, 6.45) is -30.6. The van der Waals surface area contributed by atoms with E-state index in [0.717, 1.165) is 6.92 Å². The second kappa shape index (κ2) is 19.9. The summed E-state index contributed by atoms with van der Waals surface area (Å²) in [5.74, 6) is -0.689. The zero-order valence-corrected chi connectivity index (χ0v) is 32.4. The van der Waals surface area contributed by atoms with E-state index in [4.69, 9.17) is 37.9 Å². The molecule has 4 fully saturated rings. The molecule has 0 spiro atoms. The van der Waals surface area contributed by atoms with Gasteiger partial charge in [-0.3, -0.25) is 4.79 Å². The van der Waals surface area contributed by atoms with Crippen LogP contribution in [0.3, 0.4) is 0 Å². The van der Waals surface area contributed by atoms with E-state index in [1.165, 1.54) is 0 Å². The molecule has 4 aliphatic rings. The number of aliphatic hydroxyl groups is 12. The Bertz CT molecular complexity index is 1290. The monoisotopic (exact) mass is 831 g/mol. The summed E-state index contributed by atoms with van der Waals surface area (Å²) in [7, 11) is 0. The summed E-state index contributed by atoms with van der Waals surface area (Å²) in [5.41, 5.74) is -1.27. The van der Waals surface area contributed by atoms with E-state index < -0.39 is 161 Å². The summed E-state index contributed by atoms with van der Waals surface area (Å²) in [6, 6.07) is -1.49. The highest BCUT2D eigenvalue weighted by atomic mass is 16.8. The molecule has 0 aromatic rings. The largest absolute Gasteiger partial charge is 0.394 e. The lowest BCUT2D eigenvalue weighted by molar-refractivity contribution is -0.388. The van der Waals surface area contributed by atoms with Crippen molar-refractivity contribution in [3.05, 3.63) is 12.7 Å². The molecular weight excluding hydrogens is 770 g/mol. The molecule has 0 aromatic heterocycles. The Hall–Kier alpha value is -1.59. The Kier molecular flexibility index (Phi) is 16.8. The van der Waals surface area contributed by atoms with Gasteiger partial charge in [-0.05, 0) is 25.7 Å². The van der Waals surface area contributed by atoms with E-state index in [2.05, 4.69) is 11.9 Å². The molecule has 4 rings (SSSR count). The number of carbonyl (C=O) groups is 1. The fourth-order valence-corrected chi connectivity index (χ4v) is 7.55. The molecule has 0 aliphatic carbocycles. The first-order valence-corrected chi connectivity index (χ1v) is 18.7.